The van der Waals surface area contributed by atoms with Gasteiger partial charge in [-0.25, -0.2) is 0 Å². The van der Waals surface area contributed by atoms with Gasteiger partial charge in [0.1, 0.15) is 4.83 Å². The van der Waals surface area contributed by atoms with Gasteiger partial charge in [-0.2, -0.15) is 0 Å². The number of hydrogen-bond acceptors (Lipinski definition) is 3. The third-order valence-electron chi connectivity index (χ3n) is 1.26. The van der Waals surface area contributed by atoms with E-state index in [9.17, 15) is 4.79 Å². The number of methoxy groups -OCH3 is 2. The Morgan fingerprint density at radius 3 is 2.64 bits per heavy atom. The summed E-state index contributed by atoms with van der Waals surface area (Å²) in [6, 6.07) is 0. The van der Waals surface area contributed by atoms with Crippen molar-refractivity contribution in [3.8, 4) is 0 Å². The predicted octanol–water partition coefficient (Wildman–Crippen LogP) is 1.35. The molecule has 0 aliphatic heterocycles. The van der Waals surface area contributed by atoms with Crippen LogP contribution in [0.5, 0.6) is 0 Å². The van der Waals surface area contributed by atoms with Gasteiger partial charge in [-0.15, -0.1) is 0 Å². The second-order valence-corrected chi connectivity index (χ2v) is 3.23. The van der Waals surface area contributed by atoms with Gasteiger partial charge in [-0.3, -0.25) is 4.79 Å². The summed E-state index contributed by atoms with van der Waals surface area (Å²) in [5, 5.41) is 0. The van der Waals surface area contributed by atoms with Crippen LogP contribution in [0.3, 0.4) is 0 Å². The largest absolute Gasteiger partial charge is 0.468 e. The highest BCUT2D eigenvalue weighted by atomic mass is 79.9. The summed E-state index contributed by atoms with van der Waals surface area (Å²) in [5.41, 5.74) is 0. The molecule has 0 saturated carbocycles. The Morgan fingerprint density at radius 1 is 1.55 bits per heavy atom. The van der Waals surface area contributed by atoms with Crippen LogP contribution in [0.2, 0.25) is 0 Å². The fraction of sp³-hybridized carbons (Fsp3) is 0.857. The molecule has 0 N–H and O–H groups in total. The second-order valence-electron chi connectivity index (χ2n) is 2.13. The van der Waals surface area contributed by atoms with Gasteiger partial charge in [0.25, 0.3) is 0 Å². The lowest BCUT2D eigenvalue weighted by Gasteiger charge is -2.05. The summed E-state index contributed by atoms with van der Waals surface area (Å²) in [7, 11) is 3.02. The molecular weight excluding hydrogens is 212 g/mol. The van der Waals surface area contributed by atoms with Gasteiger partial charge < -0.3 is 9.47 Å². The van der Waals surface area contributed by atoms with Crippen LogP contribution >= 0.6 is 15.9 Å². The molecule has 0 saturated heterocycles. The van der Waals surface area contributed by atoms with Crippen LogP contribution < -0.4 is 0 Å². The van der Waals surface area contributed by atoms with Crippen LogP contribution in [0.25, 0.3) is 0 Å². The molecule has 0 bridgehead atoms. The maximum absolute atomic E-state index is 10.8. The van der Waals surface area contributed by atoms with E-state index in [0.717, 1.165) is 12.8 Å². The molecule has 0 aromatic carbocycles. The van der Waals surface area contributed by atoms with E-state index in [-0.39, 0.29) is 10.8 Å². The lowest BCUT2D eigenvalue weighted by atomic mass is 10.2. The minimum atomic E-state index is -0.221. The number of hydrogen-bond donors (Lipinski definition) is 0. The SMILES string of the molecule is COCCCC(Br)C(=O)OC. The van der Waals surface area contributed by atoms with Crippen molar-refractivity contribution in [2.24, 2.45) is 0 Å². The minimum Gasteiger partial charge on any atom is -0.468 e. The van der Waals surface area contributed by atoms with Crippen molar-refractivity contribution in [1.82, 2.24) is 0 Å². The average molecular weight is 225 g/mol. The first-order valence-corrected chi connectivity index (χ1v) is 4.34. The molecule has 0 fully saturated rings. The number of carbonyl (C=O) groups is 1. The Kier molecular flexibility index (Phi) is 6.56. The predicted molar refractivity (Wildman–Crippen MR) is 45.8 cm³/mol. The molecule has 1 atom stereocenters. The third kappa shape index (κ3) is 5.21. The van der Waals surface area contributed by atoms with Crippen LogP contribution in [0.1, 0.15) is 12.8 Å². The van der Waals surface area contributed by atoms with Crippen molar-refractivity contribution in [1.29, 1.82) is 0 Å². The molecule has 0 radical (unpaired) electrons. The normalized spacial score (nSPS) is 12.6. The van der Waals surface area contributed by atoms with Gasteiger partial charge in [-0.05, 0) is 12.8 Å². The van der Waals surface area contributed by atoms with E-state index in [0.29, 0.717) is 6.61 Å². The number of halogens is 1. The Morgan fingerprint density at radius 2 is 2.18 bits per heavy atom. The smallest absolute Gasteiger partial charge is 0.319 e. The number of esters is 1. The summed E-state index contributed by atoms with van der Waals surface area (Å²) in [5.74, 6) is -0.221. The highest BCUT2D eigenvalue weighted by molar-refractivity contribution is 9.10. The summed E-state index contributed by atoms with van der Waals surface area (Å²) in [4.78, 5) is 10.6. The number of carbonyl (C=O) groups excluding carboxylic acids is 1. The minimum absolute atomic E-state index is 0.192. The Bertz CT molecular complexity index is 116. The zero-order valence-electron chi connectivity index (χ0n) is 6.80. The monoisotopic (exact) mass is 224 g/mol. The number of alkyl halides is 1. The van der Waals surface area contributed by atoms with Gasteiger partial charge in [0.15, 0.2) is 0 Å². The number of rotatable bonds is 5. The van der Waals surface area contributed by atoms with Gasteiger partial charge in [0, 0.05) is 13.7 Å². The maximum atomic E-state index is 10.8. The molecule has 0 aromatic rings. The third-order valence-corrected chi connectivity index (χ3v) is 2.09. The molecule has 0 rings (SSSR count). The van der Waals surface area contributed by atoms with Crippen molar-refractivity contribution in [2.45, 2.75) is 17.7 Å². The number of ether oxygens (including phenoxy) is 2. The van der Waals surface area contributed by atoms with E-state index in [1.54, 1.807) is 7.11 Å². The summed E-state index contributed by atoms with van der Waals surface area (Å²) in [6.07, 6.45) is 1.61. The van der Waals surface area contributed by atoms with Crippen molar-refractivity contribution in [3.05, 3.63) is 0 Å². The molecule has 0 aromatic heterocycles. The molecule has 1 unspecified atom stereocenters. The van der Waals surface area contributed by atoms with Crippen molar-refractivity contribution in [3.63, 3.8) is 0 Å². The molecule has 66 valence electrons. The zero-order chi connectivity index (χ0) is 8.69. The fourth-order valence-corrected chi connectivity index (χ4v) is 1.16. The fourth-order valence-electron chi connectivity index (χ4n) is 0.653. The highest BCUT2D eigenvalue weighted by Crippen LogP contribution is 2.09. The summed E-state index contributed by atoms with van der Waals surface area (Å²) >= 11 is 3.20. The first-order chi connectivity index (χ1) is 5.22. The quantitative estimate of drug-likeness (QED) is 0.402. The van der Waals surface area contributed by atoms with E-state index < -0.39 is 0 Å². The van der Waals surface area contributed by atoms with E-state index in [2.05, 4.69) is 20.7 Å². The van der Waals surface area contributed by atoms with E-state index in [1.807, 2.05) is 0 Å². The van der Waals surface area contributed by atoms with Crippen LogP contribution in [-0.4, -0.2) is 31.6 Å². The molecular formula is C7H13BrO3. The van der Waals surface area contributed by atoms with E-state index in [4.69, 9.17) is 4.74 Å². The molecule has 0 heterocycles. The maximum Gasteiger partial charge on any atom is 0.319 e. The van der Waals surface area contributed by atoms with Crippen LogP contribution in [-0.2, 0) is 14.3 Å². The molecule has 11 heavy (non-hydrogen) atoms. The van der Waals surface area contributed by atoms with Crippen molar-refractivity contribution < 1.29 is 14.3 Å². The van der Waals surface area contributed by atoms with Gasteiger partial charge in [-0.1, -0.05) is 15.9 Å². The molecule has 4 heteroatoms. The highest BCUT2D eigenvalue weighted by Gasteiger charge is 2.13. The zero-order valence-corrected chi connectivity index (χ0v) is 8.39. The van der Waals surface area contributed by atoms with Gasteiger partial charge in [0.05, 0.1) is 7.11 Å². The molecule has 0 spiro atoms. The Labute approximate surface area is 75.2 Å². The second kappa shape index (κ2) is 6.61. The first-order valence-electron chi connectivity index (χ1n) is 3.43. The molecule has 0 amide bonds. The Balaban J connectivity index is 3.36. The molecule has 0 aliphatic rings. The molecule has 0 aliphatic carbocycles. The standard InChI is InChI=1S/C7H13BrO3/c1-10-5-3-4-6(8)7(9)11-2/h6H,3-5H2,1-2H3. The summed E-state index contributed by atoms with van der Waals surface area (Å²) < 4.78 is 9.35. The molecule has 3 nitrogen and oxygen atoms in total. The lowest BCUT2D eigenvalue weighted by Crippen LogP contribution is -2.15. The Hall–Kier alpha value is -0.0900. The van der Waals surface area contributed by atoms with Crippen molar-refractivity contribution >= 4 is 21.9 Å². The van der Waals surface area contributed by atoms with Crippen molar-refractivity contribution in [2.75, 3.05) is 20.8 Å². The summed E-state index contributed by atoms with van der Waals surface area (Å²) in [6.45, 7) is 0.680. The van der Waals surface area contributed by atoms with E-state index in [1.165, 1.54) is 7.11 Å². The first kappa shape index (κ1) is 10.9. The van der Waals surface area contributed by atoms with E-state index >= 15 is 0 Å². The van der Waals surface area contributed by atoms with Gasteiger partial charge >= 0.3 is 5.97 Å². The topological polar surface area (TPSA) is 35.5 Å². The van der Waals surface area contributed by atoms with Gasteiger partial charge in [0.2, 0.25) is 0 Å². The van der Waals surface area contributed by atoms with Crippen LogP contribution in [0, 0.1) is 0 Å². The lowest BCUT2D eigenvalue weighted by molar-refractivity contribution is -0.139. The van der Waals surface area contributed by atoms with Crippen LogP contribution in [0.4, 0.5) is 0 Å². The average Bonchev–Trinajstić information content (AvgIpc) is 2.03. The van der Waals surface area contributed by atoms with Crippen LogP contribution in [0.15, 0.2) is 0 Å².